The molecule has 0 unspecified atom stereocenters. The van der Waals surface area contributed by atoms with Gasteiger partial charge in [0.15, 0.2) is 0 Å². The maximum Gasteiger partial charge on any atom is 1.00 e. The molecule has 50 valence electrons. The topological polar surface area (TPSA) is 60.4 Å². The van der Waals surface area contributed by atoms with Crippen LogP contribution in [0.25, 0.3) is 0 Å². The van der Waals surface area contributed by atoms with Gasteiger partial charge >= 0.3 is 51.4 Å². The van der Waals surface area contributed by atoms with Gasteiger partial charge in [0.2, 0.25) is 5.91 Å². The molecule has 0 aromatic carbocycles. The second-order valence-electron chi connectivity index (χ2n) is 1.91. The fraction of sp³-hybridized carbons (Fsp3) is 0.600. The van der Waals surface area contributed by atoms with E-state index in [2.05, 4.69) is 0 Å². The third kappa shape index (κ3) is 2.32. The third-order valence-electron chi connectivity index (χ3n) is 1.29. The Morgan fingerprint density at radius 2 is 2.20 bits per heavy atom. The zero-order valence-electron chi connectivity index (χ0n) is 5.79. The Balaban J connectivity index is 0.000000810. The molecule has 1 saturated heterocycles. The molecule has 10 heavy (non-hydrogen) atoms. The maximum absolute atomic E-state index is 10.5. The van der Waals surface area contributed by atoms with Gasteiger partial charge in [-0.3, -0.25) is 9.69 Å². The molecule has 0 aliphatic carbocycles. The number of carboxylic acid groups (broad SMARTS) is 1. The number of imide groups is 1. The number of carbonyl (C=O) groups excluding carboxylic acids is 2. The summed E-state index contributed by atoms with van der Waals surface area (Å²) in [6.07, 6.45) is -0.404. The molecule has 0 atom stereocenters. The van der Waals surface area contributed by atoms with E-state index in [1.54, 1.807) is 0 Å². The molecule has 4 nitrogen and oxygen atoms in total. The minimum atomic E-state index is -1.38. The van der Waals surface area contributed by atoms with Gasteiger partial charge in [0.1, 0.15) is 6.09 Å². The minimum absolute atomic E-state index is 0. The molecule has 0 saturated carbocycles. The standard InChI is InChI=1S/C5H7NO3.K/c7-4-2-1-3-6(4)5(8)9;/h1-3H2,(H,8,9);/q;+1/p-1. The number of nitrogens with zero attached hydrogens (tertiary/aromatic N) is 1. The molecule has 1 heterocycles. The van der Waals surface area contributed by atoms with Gasteiger partial charge in [-0.1, -0.05) is 0 Å². The van der Waals surface area contributed by atoms with Crippen molar-refractivity contribution in [3.63, 3.8) is 0 Å². The molecule has 0 aromatic heterocycles. The first kappa shape index (κ1) is 10.6. The molecule has 1 rings (SSSR count). The van der Waals surface area contributed by atoms with E-state index in [4.69, 9.17) is 0 Å². The Kier molecular flexibility index (Phi) is 4.71. The molecule has 0 bridgehead atoms. The summed E-state index contributed by atoms with van der Waals surface area (Å²) in [7, 11) is 0. The van der Waals surface area contributed by atoms with Crippen LogP contribution in [-0.4, -0.2) is 23.4 Å². The van der Waals surface area contributed by atoms with Crippen LogP contribution in [0.1, 0.15) is 12.8 Å². The molecule has 1 aliphatic rings. The fourth-order valence-corrected chi connectivity index (χ4v) is 0.841. The average molecular weight is 167 g/mol. The summed E-state index contributed by atoms with van der Waals surface area (Å²) in [5.74, 6) is -0.338. The second-order valence-corrected chi connectivity index (χ2v) is 1.91. The Hall–Kier alpha value is 0.576. The van der Waals surface area contributed by atoms with E-state index >= 15 is 0 Å². The largest absolute Gasteiger partial charge is 1.00 e. The van der Waals surface area contributed by atoms with E-state index in [9.17, 15) is 14.7 Å². The summed E-state index contributed by atoms with van der Waals surface area (Å²) in [6.45, 7) is 0.307. The number of rotatable bonds is 0. The van der Waals surface area contributed by atoms with Gasteiger partial charge < -0.3 is 9.90 Å². The zero-order chi connectivity index (χ0) is 6.85. The quantitative estimate of drug-likeness (QED) is 0.345. The number of carbonyl (C=O) groups is 2. The first-order valence-corrected chi connectivity index (χ1v) is 2.73. The summed E-state index contributed by atoms with van der Waals surface area (Å²) in [5, 5.41) is 10.0. The maximum atomic E-state index is 10.5. The van der Waals surface area contributed by atoms with Gasteiger partial charge in [-0.15, -0.1) is 0 Å². The van der Waals surface area contributed by atoms with Crippen LogP contribution in [0.15, 0.2) is 0 Å². The van der Waals surface area contributed by atoms with Crippen LogP contribution >= 0.6 is 0 Å². The van der Waals surface area contributed by atoms with E-state index in [1.165, 1.54) is 0 Å². The molecule has 0 spiro atoms. The smallest absolute Gasteiger partial charge is 0.530 e. The zero-order valence-corrected chi connectivity index (χ0v) is 8.92. The molecular weight excluding hydrogens is 161 g/mol. The molecule has 0 radical (unpaired) electrons. The number of hydrogen-bond donors (Lipinski definition) is 0. The molecule has 0 N–H and O–H groups in total. The van der Waals surface area contributed by atoms with Gasteiger partial charge in [-0.25, -0.2) is 0 Å². The van der Waals surface area contributed by atoms with Gasteiger partial charge in [-0.05, 0) is 6.42 Å². The van der Waals surface area contributed by atoms with Crippen LogP contribution in [-0.2, 0) is 4.79 Å². The summed E-state index contributed by atoms with van der Waals surface area (Å²) < 4.78 is 0. The predicted octanol–water partition coefficient (Wildman–Crippen LogP) is -4.04. The molecule has 0 aromatic rings. The van der Waals surface area contributed by atoms with Crippen LogP contribution in [0.2, 0.25) is 0 Å². The van der Waals surface area contributed by atoms with Crippen LogP contribution < -0.4 is 56.5 Å². The number of likely N-dealkylation sites (tertiary alicyclic amines) is 1. The van der Waals surface area contributed by atoms with Crippen molar-refractivity contribution in [2.24, 2.45) is 0 Å². The van der Waals surface area contributed by atoms with Gasteiger partial charge in [0.25, 0.3) is 0 Å². The third-order valence-corrected chi connectivity index (χ3v) is 1.29. The normalized spacial score (nSPS) is 16.8. The van der Waals surface area contributed by atoms with E-state index in [1.807, 2.05) is 0 Å². The monoisotopic (exact) mass is 167 g/mol. The summed E-state index contributed by atoms with van der Waals surface area (Å²) in [4.78, 5) is 21.3. The van der Waals surface area contributed by atoms with Crippen LogP contribution in [0.3, 0.4) is 0 Å². The van der Waals surface area contributed by atoms with Crippen molar-refractivity contribution in [2.75, 3.05) is 6.54 Å². The Labute approximate surface area is 101 Å². The van der Waals surface area contributed by atoms with Crippen molar-refractivity contribution in [3.05, 3.63) is 0 Å². The average Bonchev–Trinajstić information content (AvgIpc) is 2.13. The molecule has 5 heteroatoms. The second kappa shape index (κ2) is 4.45. The molecular formula is C5H6KNO3. The number of hydrogen-bond acceptors (Lipinski definition) is 3. The van der Waals surface area contributed by atoms with E-state index < -0.39 is 6.09 Å². The van der Waals surface area contributed by atoms with Crippen molar-refractivity contribution < 1.29 is 66.1 Å². The summed E-state index contributed by atoms with van der Waals surface area (Å²) in [6, 6.07) is 0. The Morgan fingerprint density at radius 3 is 2.40 bits per heavy atom. The van der Waals surface area contributed by atoms with E-state index in [0.29, 0.717) is 19.4 Å². The van der Waals surface area contributed by atoms with Crippen molar-refractivity contribution in [1.82, 2.24) is 4.90 Å². The van der Waals surface area contributed by atoms with Crippen molar-refractivity contribution in [1.29, 1.82) is 0 Å². The first-order valence-electron chi connectivity index (χ1n) is 2.73. The fourth-order valence-electron chi connectivity index (χ4n) is 0.841. The van der Waals surface area contributed by atoms with Gasteiger partial charge in [-0.2, -0.15) is 0 Å². The van der Waals surface area contributed by atoms with Crippen LogP contribution in [0, 0.1) is 0 Å². The predicted molar refractivity (Wildman–Crippen MR) is 26.3 cm³/mol. The molecule has 1 aliphatic heterocycles. The van der Waals surface area contributed by atoms with Crippen molar-refractivity contribution in [3.8, 4) is 0 Å². The van der Waals surface area contributed by atoms with Gasteiger partial charge in [0.05, 0.1) is 0 Å². The van der Waals surface area contributed by atoms with E-state index in [-0.39, 0.29) is 57.3 Å². The minimum Gasteiger partial charge on any atom is -0.530 e. The number of amides is 2. The first-order chi connectivity index (χ1) is 4.22. The van der Waals surface area contributed by atoms with E-state index in [0.717, 1.165) is 4.90 Å². The molecule has 1 fully saturated rings. The SMILES string of the molecule is O=C([O-])N1CCCC1=O.[K+]. The van der Waals surface area contributed by atoms with Crippen LogP contribution in [0.4, 0.5) is 4.79 Å². The van der Waals surface area contributed by atoms with Crippen molar-refractivity contribution in [2.45, 2.75) is 12.8 Å². The Morgan fingerprint density at radius 1 is 1.60 bits per heavy atom. The molecule has 2 amide bonds. The van der Waals surface area contributed by atoms with Gasteiger partial charge in [0, 0.05) is 13.0 Å². The Bertz CT molecular complexity index is 159. The summed E-state index contributed by atoms with van der Waals surface area (Å²) >= 11 is 0. The summed E-state index contributed by atoms with van der Waals surface area (Å²) in [5.41, 5.74) is 0. The van der Waals surface area contributed by atoms with Crippen LogP contribution in [0.5, 0.6) is 0 Å². The van der Waals surface area contributed by atoms with Crippen molar-refractivity contribution >= 4 is 12.0 Å².